The van der Waals surface area contributed by atoms with E-state index in [1.165, 1.54) is 31.0 Å². The summed E-state index contributed by atoms with van der Waals surface area (Å²) in [5.74, 6) is 0.00617. The molecule has 0 fully saturated rings. The molecule has 21 heavy (non-hydrogen) atoms. The smallest absolute Gasteiger partial charge is 0.323 e. The zero-order valence-electron chi connectivity index (χ0n) is 11.8. The number of hydrogen-bond acceptors (Lipinski definition) is 5. The minimum Gasteiger partial charge on any atom is -0.468 e. The molecule has 1 unspecified atom stereocenters. The van der Waals surface area contributed by atoms with Crippen LogP contribution in [-0.2, 0) is 16.0 Å². The molecule has 0 spiro atoms. The molecule has 1 atom stereocenters. The number of carbonyl (C=O) groups excluding carboxylic acids is 1. The summed E-state index contributed by atoms with van der Waals surface area (Å²) in [5.41, 5.74) is 0.648. The molecule has 112 valence electrons. The highest BCUT2D eigenvalue weighted by Gasteiger charge is 2.24. The summed E-state index contributed by atoms with van der Waals surface area (Å²) in [6.45, 7) is 2.05. The number of carbonyl (C=O) groups is 1. The van der Waals surface area contributed by atoms with Crippen molar-refractivity contribution in [3.05, 3.63) is 41.5 Å². The van der Waals surface area contributed by atoms with E-state index >= 15 is 0 Å². The number of ether oxygens (including phenoxy) is 1. The summed E-state index contributed by atoms with van der Waals surface area (Å²) < 4.78 is 17.8. The van der Waals surface area contributed by atoms with Gasteiger partial charge in [0.05, 0.1) is 7.11 Å². The van der Waals surface area contributed by atoms with E-state index in [1.807, 2.05) is 6.92 Å². The zero-order valence-corrected chi connectivity index (χ0v) is 12.6. The van der Waals surface area contributed by atoms with Crippen LogP contribution in [0, 0.1) is 5.82 Å². The van der Waals surface area contributed by atoms with Crippen molar-refractivity contribution in [2.24, 2.45) is 0 Å². The molecular weight excluding hydrogens is 293 g/mol. The van der Waals surface area contributed by atoms with Gasteiger partial charge in [-0.1, -0.05) is 30.8 Å². The third-order valence-electron chi connectivity index (χ3n) is 2.81. The van der Waals surface area contributed by atoms with Crippen molar-refractivity contribution in [3.8, 4) is 0 Å². The highest BCUT2D eigenvalue weighted by atomic mass is 32.2. The van der Waals surface area contributed by atoms with Gasteiger partial charge in [-0.3, -0.25) is 9.89 Å². The maximum Gasteiger partial charge on any atom is 0.323 e. The third kappa shape index (κ3) is 4.04. The Balaban J connectivity index is 2.19. The molecule has 1 N–H and O–H groups in total. The van der Waals surface area contributed by atoms with Crippen LogP contribution in [0.3, 0.4) is 0 Å². The second kappa shape index (κ2) is 7.21. The second-order valence-corrected chi connectivity index (χ2v) is 5.46. The first kappa shape index (κ1) is 15.5. The van der Waals surface area contributed by atoms with Crippen molar-refractivity contribution in [1.82, 2.24) is 15.2 Å². The van der Waals surface area contributed by atoms with Gasteiger partial charge in [0, 0.05) is 6.42 Å². The van der Waals surface area contributed by atoms with Crippen LogP contribution < -0.4 is 0 Å². The molecule has 0 aliphatic heterocycles. The Morgan fingerprint density at radius 1 is 1.43 bits per heavy atom. The molecule has 0 bridgehead atoms. The molecular formula is C14H16FN3O2S. The van der Waals surface area contributed by atoms with Gasteiger partial charge < -0.3 is 4.74 Å². The number of H-pyrrole nitrogens is 1. The Hall–Kier alpha value is -1.89. The molecule has 7 heteroatoms. The predicted octanol–water partition coefficient (Wildman–Crippen LogP) is 2.90. The van der Waals surface area contributed by atoms with Crippen molar-refractivity contribution in [1.29, 1.82) is 0 Å². The van der Waals surface area contributed by atoms with Gasteiger partial charge in [-0.25, -0.2) is 9.37 Å². The highest BCUT2D eigenvalue weighted by molar-refractivity contribution is 8.00. The standard InChI is InChI=1S/C14H16FN3O2S/c1-3-4-11-16-14(18-17-11)21-12(13(19)20-2)9-5-7-10(15)8-6-9/h5-8,12H,3-4H2,1-2H3,(H,16,17,18). The average molecular weight is 309 g/mol. The van der Waals surface area contributed by atoms with Gasteiger partial charge in [0.1, 0.15) is 16.9 Å². The maximum atomic E-state index is 13.0. The molecule has 0 radical (unpaired) electrons. The summed E-state index contributed by atoms with van der Waals surface area (Å²) >= 11 is 1.18. The first-order valence-electron chi connectivity index (χ1n) is 6.55. The van der Waals surface area contributed by atoms with Crippen molar-refractivity contribution >= 4 is 17.7 Å². The van der Waals surface area contributed by atoms with Gasteiger partial charge in [-0.2, -0.15) is 0 Å². The lowest BCUT2D eigenvalue weighted by Crippen LogP contribution is -2.11. The minimum absolute atomic E-state index is 0.351. The molecule has 2 aromatic rings. The fourth-order valence-corrected chi connectivity index (χ4v) is 2.74. The number of methoxy groups -OCH3 is 1. The number of aryl methyl sites for hydroxylation is 1. The molecule has 0 amide bonds. The van der Waals surface area contributed by atoms with E-state index < -0.39 is 11.2 Å². The average Bonchev–Trinajstić information content (AvgIpc) is 2.93. The molecule has 5 nitrogen and oxygen atoms in total. The van der Waals surface area contributed by atoms with E-state index in [9.17, 15) is 9.18 Å². The largest absolute Gasteiger partial charge is 0.468 e. The van der Waals surface area contributed by atoms with E-state index in [-0.39, 0.29) is 5.82 Å². The number of hydrogen-bond donors (Lipinski definition) is 1. The van der Waals surface area contributed by atoms with E-state index in [1.54, 1.807) is 12.1 Å². The minimum atomic E-state index is -0.624. The van der Waals surface area contributed by atoms with E-state index in [4.69, 9.17) is 4.74 Å². The van der Waals surface area contributed by atoms with Gasteiger partial charge >= 0.3 is 5.97 Å². The number of benzene rings is 1. The fourth-order valence-electron chi connectivity index (χ4n) is 1.78. The summed E-state index contributed by atoms with van der Waals surface area (Å²) in [4.78, 5) is 16.2. The number of nitrogens with one attached hydrogen (secondary N) is 1. The highest BCUT2D eigenvalue weighted by Crippen LogP contribution is 2.34. The van der Waals surface area contributed by atoms with Crippen molar-refractivity contribution < 1.29 is 13.9 Å². The quantitative estimate of drug-likeness (QED) is 0.656. The number of rotatable bonds is 6. The van der Waals surface area contributed by atoms with Crippen molar-refractivity contribution in [2.75, 3.05) is 7.11 Å². The van der Waals surface area contributed by atoms with Gasteiger partial charge in [0.15, 0.2) is 0 Å². The number of halogens is 1. The summed E-state index contributed by atoms with van der Waals surface area (Å²) in [7, 11) is 1.32. The zero-order chi connectivity index (χ0) is 15.2. The number of aromatic amines is 1. The van der Waals surface area contributed by atoms with Crippen molar-refractivity contribution in [3.63, 3.8) is 0 Å². The lowest BCUT2D eigenvalue weighted by atomic mass is 10.1. The summed E-state index contributed by atoms with van der Waals surface area (Å²) in [6.07, 6.45) is 1.75. The van der Waals surface area contributed by atoms with Crippen LogP contribution in [0.5, 0.6) is 0 Å². The Kier molecular flexibility index (Phi) is 5.32. The van der Waals surface area contributed by atoms with Gasteiger partial charge in [-0.15, -0.1) is 5.10 Å². The number of thioether (sulfide) groups is 1. The first-order chi connectivity index (χ1) is 10.1. The van der Waals surface area contributed by atoms with E-state index in [0.29, 0.717) is 10.7 Å². The van der Waals surface area contributed by atoms with Crippen LogP contribution in [0.1, 0.15) is 30.0 Å². The normalized spacial score (nSPS) is 12.1. The predicted molar refractivity (Wildman–Crippen MR) is 77.4 cm³/mol. The first-order valence-corrected chi connectivity index (χ1v) is 7.43. The molecule has 1 heterocycles. The number of aromatic nitrogens is 3. The Morgan fingerprint density at radius 2 is 2.14 bits per heavy atom. The van der Waals surface area contributed by atoms with Crippen LogP contribution >= 0.6 is 11.8 Å². The Morgan fingerprint density at radius 3 is 2.76 bits per heavy atom. The Labute approximate surface area is 126 Å². The van der Waals surface area contributed by atoms with Gasteiger partial charge in [-0.05, 0) is 24.1 Å². The number of esters is 1. The SMILES string of the molecule is CCCc1nc(SC(C(=O)OC)c2ccc(F)cc2)n[nH]1. The second-order valence-electron chi connectivity index (χ2n) is 4.39. The van der Waals surface area contributed by atoms with Crippen molar-refractivity contribution in [2.45, 2.75) is 30.2 Å². The van der Waals surface area contributed by atoms with Crippen LogP contribution in [0.25, 0.3) is 0 Å². The topological polar surface area (TPSA) is 67.9 Å². The van der Waals surface area contributed by atoms with Crippen LogP contribution in [0.15, 0.2) is 29.4 Å². The molecule has 2 rings (SSSR count). The fraction of sp³-hybridized carbons (Fsp3) is 0.357. The van der Waals surface area contributed by atoms with Crippen LogP contribution in [0.2, 0.25) is 0 Å². The van der Waals surface area contributed by atoms with E-state index in [0.717, 1.165) is 18.7 Å². The maximum absolute atomic E-state index is 13.0. The lowest BCUT2D eigenvalue weighted by Gasteiger charge is -2.12. The molecule has 0 aliphatic rings. The number of nitrogens with zero attached hydrogens (tertiary/aromatic N) is 2. The molecule has 1 aromatic carbocycles. The summed E-state index contributed by atoms with van der Waals surface area (Å²) in [6, 6.07) is 5.74. The Bertz CT molecular complexity index is 601. The van der Waals surface area contributed by atoms with E-state index in [2.05, 4.69) is 15.2 Å². The lowest BCUT2D eigenvalue weighted by molar-refractivity contribution is -0.140. The van der Waals surface area contributed by atoms with Gasteiger partial charge in [0.25, 0.3) is 0 Å². The monoisotopic (exact) mass is 309 g/mol. The van der Waals surface area contributed by atoms with Crippen LogP contribution in [0.4, 0.5) is 4.39 Å². The molecule has 0 saturated carbocycles. The summed E-state index contributed by atoms with van der Waals surface area (Å²) in [5, 5.41) is 6.76. The molecule has 0 aliphatic carbocycles. The van der Waals surface area contributed by atoms with Gasteiger partial charge in [0.2, 0.25) is 5.16 Å². The third-order valence-corrected chi connectivity index (χ3v) is 3.90. The molecule has 0 saturated heterocycles. The molecule has 1 aromatic heterocycles. The van der Waals surface area contributed by atoms with Crippen LogP contribution in [-0.4, -0.2) is 28.3 Å².